The van der Waals surface area contributed by atoms with Crippen LogP contribution in [-0.4, -0.2) is 14.5 Å². The zero-order valence-electron chi connectivity index (χ0n) is 9.95. The monoisotopic (exact) mass is 389 g/mol. The van der Waals surface area contributed by atoms with Crippen LogP contribution in [0.2, 0.25) is 10.0 Å². The zero-order chi connectivity index (χ0) is 14.3. The summed E-state index contributed by atoms with van der Waals surface area (Å²) in [6, 6.07) is 7.30. The summed E-state index contributed by atoms with van der Waals surface area (Å²) in [5.41, 5.74) is 2.14. The molecule has 0 N–H and O–H groups in total. The number of rotatable bonds is 2. The van der Waals surface area contributed by atoms with Gasteiger partial charge in [0.25, 0.3) is 0 Å². The topological polar surface area (TPSA) is 30.7 Å². The number of pyridine rings is 1. The van der Waals surface area contributed by atoms with Crippen LogP contribution in [0.3, 0.4) is 0 Å². The highest BCUT2D eigenvalue weighted by Crippen LogP contribution is 2.32. The second-order valence-electron chi connectivity index (χ2n) is 4.07. The maximum Gasteiger partial charge on any atom is 0.164 e. The lowest BCUT2D eigenvalue weighted by molar-refractivity contribution is 0.970. The number of aromatic nitrogens is 3. The first-order chi connectivity index (χ1) is 9.61. The first-order valence-electron chi connectivity index (χ1n) is 5.65. The van der Waals surface area contributed by atoms with Crippen LogP contribution >= 0.6 is 50.7 Å². The second kappa shape index (κ2) is 5.53. The SMILES string of the molecule is ClCc1nc2cc(Br)cnc2n1-c1cccc(Cl)c1Cl. The van der Waals surface area contributed by atoms with Crippen molar-refractivity contribution >= 4 is 61.9 Å². The molecule has 7 heteroatoms. The third kappa shape index (κ3) is 2.31. The molecule has 3 rings (SSSR count). The quantitative estimate of drug-likeness (QED) is 0.560. The van der Waals surface area contributed by atoms with Crippen LogP contribution < -0.4 is 0 Å². The minimum Gasteiger partial charge on any atom is -0.278 e. The third-order valence-corrected chi connectivity index (χ3v) is 4.31. The Kier molecular flexibility index (Phi) is 3.91. The van der Waals surface area contributed by atoms with Crippen molar-refractivity contribution in [3.8, 4) is 5.69 Å². The minimum atomic E-state index is 0.247. The number of halogens is 4. The van der Waals surface area contributed by atoms with Crippen LogP contribution in [0.5, 0.6) is 0 Å². The Bertz CT molecular complexity index is 801. The highest BCUT2D eigenvalue weighted by Gasteiger charge is 2.16. The van der Waals surface area contributed by atoms with Crippen molar-refractivity contribution in [3.63, 3.8) is 0 Å². The van der Waals surface area contributed by atoms with Gasteiger partial charge in [0.1, 0.15) is 11.3 Å². The van der Waals surface area contributed by atoms with Crippen molar-refractivity contribution in [1.29, 1.82) is 0 Å². The number of alkyl halides is 1. The molecule has 0 spiro atoms. The molecule has 0 saturated heterocycles. The van der Waals surface area contributed by atoms with Crippen LogP contribution in [0.1, 0.15) is 5.82 Å². The summed E-state index contributed by atoms with van der Waals surface area (Å²) in [5.74, 6) is 0.910. The van der Waals surface area contributed by atoms with E-state index in [9.17, 15) is 0 Å². The summed E-state index contributed by atoms with van der Waals surface area (Å²) in [7, 11) is 0. The Morgan fingerprint density at radius 2 is 2.05 bits per heavy atom. The van der Waals surface area contributed by atoms with E-state index in [1.165, 1.54) is 0 Å². The van der Waals surface area contributed by atoms with Crippen LogP contribution in [0.4, 0.5) is 0 Å². The Labute approximate surface area is 138 Å². The van der Waals surface area contributed by atoms with E-state index in [2.05, 4.69) is 25.9 Å². The maximum absolute atomic E-state index is 6.28. The molecule has 0 atom stereocenters. The average molecular weight is 391 g/mol. The normalized spacial score (nSPS) is 11.2. The molecule has 0 saturated carbocycles. The number of nitrogens with zero attached hydrogens (tertiary/aromatic N) is 3. The van der Waals surface area contributed by atoms with Gasteiger partial charge >= 0.3 is 0 Å². The highest BCUT2D eigenvalue weighted by molar-refractivity contribution is 9.10. The van der Waals surface area contributed by atoms with Gasteiger partial charge in [-0.3, -0.25) is 4.57 Å². The fraction of sp³-hybridized carbons (Fsp3) is 0.0769. The zero-order valence-corrected chi connectivity index (χ0v) is 13.8. The first-order valence-corrected chi connectivity index (χ1v) is 7.73. The number of imidazole rings is 1. The van der Waals surface area contributed by atoms with E-state index in [1.54, 1.807) is 12.3 Å². The fourth-order valence-electron chi connectivity index (χ4n) is 2.00. The van der Waals surface area contributed by atoms with Crippen molar-refractivity contribution < 1.29 is 0 Å². The number of fused-ring (bicyclic) bond motifs is 1. The van der Waals surface area contributed by atoms with Gasteiger partial charge in [-0.15, -0.1) is 11.6 Å². The molecule has 0 aliphatic rings. The summed E-state index contributed by atoms with van der Waals surface area (Å²) in [6.07, 6.45) is 1.71. The van der Waals surface area contributed by atoms with E-state index >= 15 is 0 Å². The van der Waals surface area contributed by atoms with E-state index < -0.39 is 0 Å². The number of benzene rings is 1. The van der Waals surface area contributed by atoms with Gasteiger partial charge in [-0.05, 0) is 34.1 Å². The molecule has 0 amide bonds. The van der Waals surface area contributed by atoms with Crippen molar-refractivity contribution in [2.45, 2.75) is 5.88 Å². The van der Waals surface area contributed by atoms with E-state index in [0.717, 1.165) is 9.99 Å². The molecule has 2 heterocycles. The van der Waals surface area contributed by atoms with Gasteiger partial charge in [-0.1, -0.05) is 29.3 Å². The van der Waals surface area contributed by atoms with Gasteiger partial charge < -0.3 is 0 Å². The largest absolute Gasteiger partial charge is 0.278 e. The maximum atomic E-state index is 6.28. The standard InChI is InChI=1S/C13H7BrCl3N3/c14-7-4-9-13(18-6-7)20(11(5-15)19-9)10-3-1-2-8(16)12(10)17/h1-4,6H,5H2. The van der Waals surface area contributed by atoms with E-state index in [-0.39, 0.29) is 5.88 Å². The molecule has 2 aromatic heterocycles. The molecular formula is C13H7BrCl3N3. The van der Waals surface area contributed by atoms with Crippen LogP contribution in [0, 0.1) is 0 Å². The molecule has 3 nitrogen and oxygen atoms in total. The lowest BCUT2D eigenvalue weighted by Gasteiger charge is -2.10. The van der Waals surface area contributed by atoms with E-state index in [1.807, 2.05) is 22.8 Å². The van der Waals surface area contributed by atoms with Crippen molar-refractivity contribution in [2.24, 2.45) is 0 Å². The molecule has 0 aliphatic heterocycles. The Morgan fingerprint density at radius 3 is 2.80 bits per heavy atom. The minimum absolute atomic E-state index is 0.247. The third-order valence-electron chi connectivity index (χ3n) is 2.82. The average Bonchev–Trinajstić information content (AvgIpc) is 2.79. The van der Waals surface area contributed by atoms with Gasteiger partial charge in [0.15, 0.2) is 5.65 Å². The molecule has 1 aromatic carbocycles. The lowest BCUT2D eigenvalue weighted by Crippen LogP contribution is -2.01. The van der Waals surface area contributed by atoms with Crippen LogP contribution in [-0.2, 0) is 5.88 Å². The molecule has 0 fully saturated rings. The van der Waals surface area contributed by atoms with Gasteiger partial charge in [0.05, 0.1) is 21.6 Å². The van der Waals surface area contributed by atoms with E-state index in [0.29, 0.717) is 27.2 Å². The number of hydrogen-bond acceptors (Lipinski definition) is 2. The Morgan fingerprint density at radius 1 is 1.25 bits per heavy atom. The van der Waals surface area contributed by atoms with Gasteiger partial charge in [-0.25, -0.2) is 9.97 Å². The fourth-order valence-corrected chi connectivity index (χ4v) is 2.87. The molecule has 0 bridgehead atoms. The van der Waals surface area contributed by atoms with Gasteiger partial charge in [0, 0.05) is 10.7 Å². The Hall–Kier alpha value is -0.810. The lowest BCUT2D eigenvalue weighted by atomic mass is 10.3. The molecule has 0 unspecified atom stereocenters. The smallest absolute Gasteiger partial charge is 0.164 e. The number of hydrogen-bond donors (Lipinski definition) is 0. The summed E-state index contributed by atoms with van der Waals surface area (Å²) in [6.45, 7) is 0. The second-order valence-corrected chi connectivity index (χ2v) is 6.03. The Balaban J connectivity index is 2.37. The first kappa shape index (κ1) is 14.1. The van der Waals surface area contributed by atoms with Crippen molar-refractivity contribution in [3.05, 3.63) is 50.8 Å². The molecule has 0 radical (unpaired) electrons. The molecular weight excluding hydrogens is 384 g/mol. The molecule has 0 aliphatic carbocycles. The van der Waals surface area contributed by atoms with Gasteiger partial charge in [0.2, 0.25) is 0 Å². The van der Waals surface area contributed by atoms with Crippen molar-refractivity contribution in [2.75, 3.05) is 0 Å². The molecule has 3 aromatic rings. The van der Waals surface area contributed by atoms with Crippen molar-refractivity contribution in [1.82, 2.24) is 14.5 Å². The predicted octanol–water partition coefficient (Wildman–Crippen LogP) is 5.23. The van der Waals surface area contributed by atoms with E-state index in [4.69, 9.17) is 34.8 Å². The molecule has 102 valence electrons. The highest BCUT2D eigenvalue weighted by atomic mass is 79.9. The molecule has 20 heavy (non-hydrogen) atoms. The summed E-state index contributed by atoms with van der Waals surface area (Å²) < 4.78 is 2.68. The van der Waals surface area contributed by atoms with Gasteiger partial charge in [-0.2, -0.15) is 0 Å². The van der Waals surface area contributed by atoms with Crippen LogP contribution in [0.25, 0.3) is 16.9 Å². The summed E-state index contributed by atoms with van der Waals surface area (Å²) in [5, 5.41) is 0.924. The summed E-state index contributed by atoms with van der Waals surface area (Å²) >= 11 is 21.7. The van der Waals surface area contributed by atoms with Crippen LogP contribution in [0.15, 0.2) is 34.9 Å². The predicted molar refractivity (Wildman–Crippen MR) is 86.1 cm³/mol. The summed E-state index contributed by atoms with van der Waals surface area (Å²) in [4.78, 5) is 8.87.